The number of benzene rings is 1. The van der Waals surface area contributed by atoms with Crippen molar-refractivity contribution in [2.45, 2.75) is 40.0 Å². The first kappa shape index (κ1) is 20.2. The Bertz CT molecular complexity index is 501. The number of unbranched alkanes of at least 4 members (excludes halogenated alkanes) is 1. The van der Waals surface area contributed by atoms with Gasteiger partial charge in [-0.05, 0) is 32.4 Å². The molecule has 0 atom stereocenters. The number of rotatable bonds is 8. The zero-order chi connectivity index (χ0) is 15.8. The van der Waals surface area contributed by atoms with Gasteiger partial charge in [-0.15, -0.1) is 12.4 Å². The van der Waals surface area contributed by atoms with E-state index in [9.17, 15) is 14.7 Å². The van der Waals surface area contributed by atoms with Crippen LogP contribution in [0.15, 0.2) is 18.2 Å². The monoisotopic (exact) mass is 329 g/mol. The van der Waals surface area contributed by atoms with Gasteiger partial charge in [-0.25, -0.2) is 4.79 Å². The summed E-state index contributed by atoms with van der Waals surface area (Å²) >= 11 is 0. The maximum atomic E-state index is 11.9. The highest BCUT2D eigenvalue weighted by Gasteiger charge is 2.20. The highest BCUT2D eigenvalue weighted by atomic mass is 35.5. The summed E-state index contributed by atoms with van der Waals surface area (Å²) in [5.74, 6) is -1.34. The number of hydrogen-bond donors (Lipinski definition) is 1. The minimum absolute atomic E-state index is 0. The maximum Gasteiger partial charge on any atom is 0.339 e. The molecule has 1 N–H and O–H groups in total. The van der Waals surface area contributed by atoms with Gasteiger partial charge in [-0.2, -0.15) is 0 Å². The molecule has 0 amide bonds. The van der Waals surface area contributed by atoms with Crippen LogP contribution in [-0.4, -0.2) is 30.1 Å². The van der Waals surface area contributed by atoms with E-state index in [1.807, 2.05) is 25.7 Å². The van der Waals surface area contributed by atoms with Crippen molar-refractivity contribution >= 4 is 30.0 Å². The first-order valence-corrected chi connectivity index (χ1v) is 7.37. The van der Waals surface area contributed by atoms with Crippen molar-refractivity contribution in [1.29, 1.82) is 0 Å². The molecule has 0 fully saturated rings. The van der Waals surface area contributed by atoms with Crippen LogP contribution >= 0.6 is 12.4 Å². The number of halogens is 1. The highest BCUT2D eigenvalue weighted by molar-refractivity contribution is 5.95. The molecule has 0 saturated heterocycles. The van der Waals surface area contributed by atoms with Gasteiger partial charge in [0.1, 0.15) is 5.56 Å². The third-order valence-electron chi connectivity index (χ3n) is 3.28. The van der Waals surface area contributed by atoms with Crippen molar-refractivity contribution in [3.63, 3.8) is 0 Å². The predicted molar refractivity (Wildman–Crippen MR) is 89.4 cm³/mol. The van der Waals surface area contributed by atoms with Gasteiger partial charge in [0.15, 0.2) is 5.75 Å². The smallest absolute Gasteiger partial charge is 0.339 e. The second kappa shape index (κ2) is 10.1. The predicted octanol–water partition coefficient (Wildman–Crippen LogP) is 3.75. The number of anilines is 1. The zero-order valence-corrected chi connectivity index (χ0v) is 14.1. The van der Waals surface area contributed by atoms with Gasteiger partial charge in [0.2, 0.25) is 0 Å². The van der Waals surface area contributed by atoms with E-state index < -0.39 is 5.97 Å². The lowest BCUT2D eigenvalue weighted by Crippen LogP contribution is -2.24. The molecular formula is C16H24ClNO4. The molecule has 0 heterocycles. The number of esters is 1. The van der Waals surface area contributed by atoms with Gasteiger partial charge in [0.05, 0.1) is 5.69 Å². The van der Waals surface area contributed by atoms with E-state index in [-0.39, 0.29) is 29.7 Å². The molecule has 0 bridgehead atoms. The Labute approximate surface area is 137 Å². The number of hydrogen-bond acceptors (Lipinski definition) is 4. The maximum absolute atomic E-state index is 11.9. The number of para-hydroxylation sites is 1. The average Bonchev–Trinajstić information content (AvgIpc) is 2.47. The van der Waals surface area contributed by atoms with E-state index in [2.05, 4.69) is 0 Å². The Morgan fingerprint density at radius 1 is 1.18 bits per heavy atom. The van der Waals surface area contributed by atoms with Gasteiger partial charge in [-0.3, -0.25) is 4.79 Å². The molecule has 124 valence electrons. The summed E-state index contributed by atoms with van der Waals surface area (Å²) in [6.07, 6.45) is 1.91. The van der Waals surface area contributed by atoms with Crippen molar-refractivity contribution in [2.24, 2.45) is 0 Å². The highest BCUT2D eigenvalue weighted by Crippen LogP contribution is 2.32. The summed E-state index contributed by atoms with van der Waals surface area (Å²) < 4.78 is 5.36. The SMILES string of the molecule is CCCCC(=O)Oc1c(C(=O)O)cccc1N(CC)CC.Cl. The minimum atomic E-state index is -1.10. The lowest BCUT2D eigenvalue weighted by molar-refractivity contribution is -0.134. The molecule has 1 rings (SSSR count). The van der Waals surface area contributed by atoms with Crippen LogP contribution in [0.1, 0.15) is 50.4 Å². The third-order valence-corrected chi connectivity index (χ3v) is 3.28. The summed E-state index contributed by atoms with van der Waals surface area (Å²) in [4.78, 5) is 25.2. The van der Waals surface area contributed by atoms with Gasteiger partial charge in [0, 0.05) is 19.5 Å². The molecule has 6 heteroatoms. The number of carbonyl (C=O) groups is 2. The van der Waals surface area contributed by atoms with Gasteiger partial charge < -0.3 is 14.7 Å². The number of nitrogens with zero attached hydrogens (tertiary/aromatic N) is 1. The molecule has 0 radical (unpaired) electrons. The van der Waals surface area contributed by atoms with E-state index in [0.717, 1.165) is 12.8 Å². The van der Waals surface area contributed by atoms with Crippen molar-refractivity contribution in [3.05, 3.63) is 23.8 Å². The van der Waals surface area contributed by atoms with Crippen LogP contribution in [0.2, 0.25) is 0 Å². The van der Waals surface area contributed by atoms with E-state index >= 15 is 0 Å². The summed E-state index contributed by atoms with van der Waals surface area (Å²) in [7, 11) is 0. The summed E-state index contributed by atoms with van der Waals surface area (Å²) in [6.45, 7) is 7.34. The quantitative estimate of drug-likeness (QED) is 0.581. The van der Waals surface area contributed by atoms with Crippen molar-refractivity contribution in [2.75, 3.05) is 18.0 Å². The molecule has 0 spiro atoms. The van der Waals surface area contributed by atoms with Crippen LogP contribution in [0.25, 0.3) is 0 Å². The molecule has 1 aromatic rings. The molecule has 0 unspecified atom stereocenters. The van der Waals surface area contributed by atoms with E-state index in [1.54, 1.807) is 12.1 Å². The Morgan fingerprint density at radius 3 is 2.32 bits per heavy atom. The number of aromatic carboxylic acids is 1. The number of ether oxygens (including phenoxy) is 1. The fourth-order valence-electron chi connectivity index (χ4n) is 2.10. The first-order chi connectivity index (χ1) is 10.0. The second-order valence-electron chi connectivity index (χ2n) is 4.71. The number of carboxylic acid groups (broad SMARTS) is 1. The molecule has 0 saturated carbocycles. The fraction of sp³-hybridized carbons (Fsp3) is 0.500. The Hall–Kier alpha value is -1.75. The lowest BCUT2D eigenvalue weighted by atomic mass is 10.1. The third kappa shape index (κ3) is 5.22. The zero-order valence-electron chi connectivity index (χ0n) is 13.3. The molecule has 0 aliphatic rings. The lowest BCUT2D eigenvalue weighted by Gasteiger charge is -2.24. The average molecular weight is 330 g/mol. The second-order valence-corrected chi connectivity index (χ2v) is 4.71. The molecule has 1 aromatic carbocycles. The van der Waals surface area contributed by atoms with Crippen LogP contribution < -0.4 is 9.64 Å². The van der Waals surface area contributed by atoms with Crippen molar-refractivity contribution in [3.8, 4) is 5.75 Å². The molecule has 22 heavy (non-hydrogen) atoms. The van der Waals surface area contributed by atoms with Crippen LogP contribution in [0, 0.1) is 0 Å². The summed E-state index contributed by atoms with van der Waals surface area (Å²) in [5, 5.41) is 9.30. The Kier molecular flexibility index (Phi) is 9.26. The van der Waals surface area contributed by atoms with Crippen LogP contribution in [-0.2, 0) is 4.79 Å². The van der Waals surface area contributed by atoms with Crippen LogP contribution in [0.5, 0.6) is 5.75 Å². The largest absolute Gasteiger partial charge is 0.478 e. The van der Waals surface area contributed by atoms with Crippen molar-refractivity contribution in [1.82, 2.24) is 0 Å². The van der Waals surface area contributed by atoms with E-state index in [0.29, 0.717) is 25.2 Å². The molecule has 0 aliphatic carbocycles. The molecule has 5 nitrogen and oxygen atoms in total. The Balaban J connectivity index is 0.00000441. The fourth-order valence-corrected chi connectivity index (χ4v) is 2.10. The normalized spacial score (nSPS) is 9.77. The van der Waals surface area contributed by atoms with Crippen LogP contribution in [0.4, 0.5) is 5.69 Å². The number of carbonyl (C=O) groups excluding carboxylic acids is 1. The van der Waals surface area contributed by atoms with E-state index in [1.165, 1.54) is 6.07 Å². The summed E-state index contributed by atoms with van der Waals surface area (Å²) in [6, 6.07) is 4.90. The molecule has 0 aliphatic heterocycles. The Morgan fingerprint density at radius 2 is 1.82 bits per heavy atom. The van der Waals surface area contributed by atoms with Gasteiger partial charge in [-0.1, -0.05) is 19.4 Å². The molecular weight excluding hydrogens is 306 g/mol. The first-order valence-electron chi connectivity index (χ1n) is 7.37. The van der Waals surface area contributed by atoms with Crippen LogP contribution in [0.3, 0.4) is 0 Å². The van der Waals surface area contributed by atoms with Gasteiger partial charge >= 0.3 is 11.9 Å². The summed E-state index contributed by atoms with van der Waals surface area (Å²) in [5.41, 5.74) is 0.661. The van der Waals surface area contributed by atoms with Gasteiger partial charge in [0.25, 0.3) is 0 Å². The van der Waals surface area contributed by atoms with Crippen molar-refractivity contribution < 1.29 is 19.4 Å². The van der Waals surface area contributed by atoms with E-state index in [4.69, 9.17) is 4.74 Å². The molecule has 0 aromatic heterocycles. The minimum Gasteiger partial charge on any atom is -0.478 e. The topological polar surface area (TPSA) is 66.8 Å². The number of carboxylic acids is 1. The standard InChI is InChI=1S/C16H23NO4.ClH/c1-4-7-11-14(18)21-15-12(16(19)20)9-8-10-13(15)17(5-2)6-3;/h8-10H,4-7,11H2,1-3H3,(H,19,20);1H.